The average Bonchev–Trinajstić information content (AvgIpc) is 2.50. The van der Waals surface area contributed by atoms with E-state index in [0.717, 1.165) is 5.56 Å². The first-order chi connectivity index (χ1) is 7.94. The molecule has 0 fully saturated rings. The van der Waals surface area contributed by atoms with Crippen LogP contribution in [0.5, 0.6) is 5.75 Å². The van der Waals surface area contributed by atoms with Crippen LogP contribution in [0.25, 0.3) is 0 Å². The fraction of sp³-hybridized carbons (Fsp3) is 0.417. The number of ether oxygens (including phenoxy) is 2. The highest BCUT2D eigenvalue weighted by Crippen LogP contribution is 2.46. The molecule has 1 aromatic carbocycles. The minimum Gasteiger partial charge on any atom is -0.483 e. The van der Waals surface area contributed by atoms with Crippen LogP contribution < -0.4 is 10.1 Å². The monoisotopic (exact) mass is 255 g/mol. The summed E-state index contributed by atoms with van der Waals surface area (Å²) in [5.74, 6) is 0.702. The van der Waals surface area contributed by atoms with Crippen LogP contribution in [0.15, 0.2) is 18.2 Å². The van der Waals surface area contributed by atoms with E-state index in [1.165, 1.54) is 7.05 Å². The second-order valence-electron chi connectivity index (χ2n) is 4.42. The second kappa shape index (κ2) is 4.11. The lowest BCUT2D eigenvalue weighted by Crippen LogP contribution is -2.35. The highest BCUT2D eigenvalue weighted by Gasteiger charge is 2.44. The highest BCUT2D eigenvalue weighted by atomic mass is 35.5. The van der Waals surface area contributed by atoms with Crippen LogP contribution in [0.4, 0.5) is 4.79 Å². The van der Waals surface area contributed by atoms with Gasteiger partial charge in [-0.1, -0.05) is 11.6 Å². The molecule has 1 unspecified atom stereocenters. The number of hydrogen-bond acceptors (Lipinski definition) is 3. The first-order valence-electron chi connectivity index (χ1n) is 5.31. The van der Waals surface area contributed by atoms with Gasteiger partial charge in [0.15, 0.2) is 6.10 Å². The summed E-state index contributed by atoms with van der Waals surface area (Å²) in [6, 6.07) is 5.30. The van der Waals surface area contributed by atoms with Crippen molar-refractivity contribution in [1.29, 1.82) is 0 Å². The molecule has 0 saturated heterocycles. The largest absolute Gasteiger partial charge is 0.483 e. The molecule has 0 bridgehead atoms. The topological polar surface area (TPSA) is 47.6 Å². The number of carbonyl (C=O) groups is 1. The summed E-state index contributed by atoms with van der Waals surface area (Å²) in [5, 5.41) is 3.02. The van der Waals surface area contributed by atoms with E-state index in [9.17, 15) is 4.79 Å². The molecule has 1 N–H and O–H groups in total. The molecular weight excluding hydrogens is 242 g/mol. The third-order valence-corrected chi connectivity index (χ3v) is 2.92. The Hall–Kier alpha value is -1.42. The molecule has 1 heterocycles. The first-order valence-corrected chi connectivity index (χ1v) is 5.68. The summed E-state index contributed by atoms with van der Waals surface area (Å²) < 4.78 is 11.1. The van der Waals surface area contributed by atoms with Crippen molar-refractivity contribution in [2.45, 2.75) is 25.6 Å². The summed E-state index contributed by atoms with van der Waals surface area (Å²) in [5.41, 5.74) is 0.200. The summed E-state index contributed by atoms with van der Waals surface area (Å²) in [6.07, 6.45) is -0.948. The van der Waals surface area contributed by atoms with E-state index < -0.39 is 17.8 Å². The molecule has 0 aromatic heterocycles. The zero-order valence-electron chi connectivity index (χ0n) is 9.91. The van der Waals surface area contributed by atoms with Crippen LogP contribution in [-0.2, 0) is 4.74 Å². The number of amides is 1. The molecule has 0 saturated carbocycles. The quantitative estimate of drug-likeness (QED) is 0.839. The van der Waals surface area contributed by atoms with E-state index >= 15 is 0 Å². The van der Waals surface area contributed by atoms with Crippen molar-refractivity contribution < 1.29 is 14.3 Å². The van der Waals surface area contributed by atoms with Gasteiger partial charge in [0.1, 0.15) is 11.4 Å². The van der Waals surface area contributed by atoms with Crippen molar-refractivity contribution in [3.05, 3.63) is 28.8 Å². The summed E-state index contributed by atoms with van der Waals surface area (Å²) in [4.78, 5) is 11.3. The first kappa shape index (κ1) is 12.0. The van der Waals surface area contributed by atoms with Crippen LogP contribution in [0, 0.1) is 0 Å². The SMILES string of the molecule is CNC(=O)OC1c2cc(Cl)ccc2OC1(C)C. The van der Waals surface area contributed by atoms with Gasteiger partial charge in [0.05, 0.1) is 0 Å². The normalized spacial score (nSPS) is 20.4. The van der Waals surface area contributed by atoms with Gasteiger partial charge in [-0.15, -0.1) is 0 Å². The van der Waals surface area contributed by atoms with E-state index in [4.69, 9.17) is 21.1 Å². The number of nitrogens with one attached hydrogen (secondary N) is 1. The Kier molecular flexibility index (Phi) is 2.91. The molecule has 1 atom stereocenters. The van der Waals surface area contributed by atoms with Gasteiger partial charge in [0.25, 0.3) is 0 Å². The Balaban J connectivity index is 2.36. The molecule has 0 aliphatic carbocycles. The Morgan fingerprint density at radius 3 is 2.88 bits per heavy atom. The Labute approximate surface area is 105 Å². The number of halogens is 1. The van der Waals surface area contributed by atoms with Gasteiger partial charge >= 0.3 is 6.09 Å². The number of fused-ring (bicyclic) bond motifs is 1. The van der Waals surface area contributed by atoms with Crippen molar-refractivity contribution >= 4 is 17.7 Å². The number of carbonyl (C=O) groups excluding carboxylic acids is 1. The molecule has 1 aliphatic rings. The molecule has 5 heteroatoms. The lowest BCUT2D eigenvalue weighted by atomic mass is 9.97. The van der Waals surface area contributed by atoms with Crippen LogP contribution >= 0.6 is 11.6 Å². The maximum Gasteiger partial charge on any atom is 0.407 e. The molecule has 2 rings (SSSR count). The third-order valence-electron chi connectivity index (χ3n) is 2.69. The summed E-state index contributed by atoms with van der Waals surface area (Å²) >= 11 is 5.94. The predicted octanol–water partition coefficient (Wildman–Crippen LogP) is 2.91. The number of alkyl carbamates (subject to hydrolysis) is 1. The van der Waals surface area contributed by atoms with E-state index in [0.29, 0.717) is 10.8 Å². The van der Waals surface area contributed by atoms with Crippen LogP contribution in [0.1, 0.15) is 25.5 Å². The van der Waals surface area contributed by atoms with E-state index in [-0.39, 0.29) is 0 Å². The molecular formula is C12H14ClNO3. The maximum atomic E-state index is 11.3. The molecule has 17 heavy (non-hydrogen) atoms. The van der Waals surface area contributed by atoms with Gasteiger partial charge in [0.2, 0.25) is 0 Å². The van der Waals surface area contributed by atoms with Gasteiger partial charge in [-0.25, -0.2) is 4.79 Å². The van der Waals surface area contributed by atoms with E-state index in [1.807, 2.05) is 13.8 Å². The smallest absolute Gasteiger partial charge is 0.407 e. The van der Waals surface area contributed by atoms with Crippen molar-refractivity contribution in [1.82, 2.24) is 5.32 Å². The minimum atomic E-state index is -0.598. The van der Waals surface area contributed by atoms with Crippen molar-refractivity contribution in [3.63, 3.8) is 0 Å². The minimum absolute atomic E-state index is 0.462. The molecule has 1 aliphatic heterocycles. The highest BCUT2D eigenvalue weighted by molar-refractivity contribution is 6.30. The summed E-state index contributed by atoms with van der Waals surface area (Å²) in [7, 11) is 1.52. The van der Waals surface area contributed by atoms with Gasteiger partial charge < -0.3 is 14.8 Å². The standard InChI is InChI=1S/C12H14ClNO3/c1-12(2)10(16-11(15)14-3)8-6-7(13)4-5-9(8)17-12/h4-6,10H,1-3H3,(H,14,15). The second-order valence-corrected chi connectivity index (χ2v) is 4.86. The molecule has 92 valence electrons. The summed E-state index contributed by atoms with van der Waals surface area (Å²) in [6.45, 7) is 3.74. The fourth-order valence-electron chi connectivity index (χ4n) is 1.90. The van der Waals surface area contributed by atoms with Crippen molar-refractivity contribution in [3.8, 4) is 5.75 Å². The van der Waals surface area contributed by atoms with Crippen molar-refractivity contribution in [2.75, 3.05) is 7.05 Å². The number of benzene rings is 1. The Morgan fingerprint density at radius 1 is 1.53 bits per heavy atom. The Morgan fingerprint density at radius 2 is 2.24 bits per heavy atom. The van der Waals surface area contributed by atoms with Crippen LogP contribution in [0.3, 0.4) is 0 Å². The molecule has 0 spiro atoms. The van der Waals surface area contributed by atoms with Crippen LogP contribution in [0.2, 0.25) is 5.02 Å². The molecule has 1 aromatic rings. The Bertz CT molecular complexity index is 459. The molecule has 1 amide bonds. The number of hydrogen-bond donors (Lipinski definition) is 1. The lowest BCUT2D eigenvalue weighted by molar-refractivity contribution is -0.0126. The van der Waals surface area contributed by atoms with Crippen LogP contribution in [-0.4, -0.2) is 18.7 Å². The van der Waals surface area contributed by atoms with Gasteiger partial charge in [-0.05, 0) is 32.0 Å². The molecule has 4 nitrogen and oxygen atoms in total. The van der Waals surface area contributed by atoms with E-state index in [2.05, 4.69) is 5.32 Å². The molecule has 0 radical (unpaired) electrons. The zero-order valence-corrected chi connectivity index (χ0v) is 10.7. The fourth-order valence-corrected chi connectivity index (χ4v) is 2.08. The number of rotatable bonds is 1. The van der Waals surface area contributed by atoms with Gasteiger partial charge in [-0.2, -0.15) is 0 Å². The zero-order chi connectivity index (χ0) is 12.6. The predicted molar refractivity (Wildman–Crippen MR) is 64.4 cm³/mol. The maximum absolute atomic E-state index is 11.3. The van der Waals surface area contributed by atoms with Gasteiger partial charge in [0, 0.05) is 17.6 Å². The lowest BCUT2D eigenvalue weighted by Gasteiger charge is -2.25. The van der Waals surface area contributed by atoms with Gasteiger partial charge in [-0.3, -0.25) is 0 Å². The van der Waals surface area contributed by atoms with E-state index in [1.54, 1.807) is 18.2 Å². The average molecular weight is 256 g/mol. The third kappa shape index (κ3) is 2.17. The van der Waals surface area contributed by atoms with Crippen molar-refractivity contribution in [2.24, 2.45) is 0 Å².